The highest BCUT2D eigenvalue weighted by Gasteiger charge is 2.20. The van der Waals surface area contributed by atoms with Gasteiger partial charge in [0.05, 0.1) is 18.9 Å². The third-order valence-electron chi connectivity index (χ3n) is 3.33. The lowest BCUT2D eigenvalue weighted by molar-refractivity contribution is 0.411. The minimum absolute atomic E-state index is 0.491. The van der Waals surface area contributed by atoms with Crippen LogP contribution in [0.5, 0.6) is 5.75 Å². The molecule has 0 amide bonds. The number of methoxy groups -OCH3 is 1. The van der Waals surface area contributed by atoms with Crippen molar-refractivity contribution in [2.24, 2.45) is 0 Å². The van der Waals surface area contributed by atoms with Crippen molar-refractivity contribution in [1.82, 2.24) is 4.98 Å². The molecule has 0 spiro atoms. The zero-order valence-corrected chi connectivity index (χ0v) is 13.3. The van der Waals surface area contributed by atoms with Gasteiger partial charge < -0.3 is 14.5 Å². The molecule has 4 nitrogen and oxygen atoms in total. The highest BCUT2D eigenvalue weighted by Crippen LogP contribution is 2.42. The summed E-state index contributed by atoms with van der Waals surface area (Å²) in [5, 5.41) is 2.88. The van der Waals surface area contributed by atoms with Crippen LogP contribution < -0.4 is 10.1 Å². The molecule has 0 aliphatic heterocycles. The second-order valence-electron chi connectivity index (χ2n) is 4.38. The number of oxazole rings is 1. The maximum absolute atomic E-state index is 5.67. The van der Waals surface area contributed by atoms with Crippen LogP contribution in [0.25, 0.3) is 11.3 Å². The highest BCUT2D eigenvalue weighted by atomic mass is 79.9. The van der Waals surface area contributed by atoms with E-state index in [0.29, 0.717) is 11.8 Å². The number of nitrogens with one attached hydrogen (secondary N) is 1. The maximum atomic E-state index is 5.67. The Kier molecular flexibility index (Phi) is 3.85. The van der Waals surface area contributed by atoms with Crippen molar-refractivity contribution < 1.29 is 9.15 Å². The SMILES string of the molecule is CNc1ncc(-c2c(C)c(Br)c(C)c(C)c2OC)o1. The molecule has 102 valence electrons. The first kappa shape index (κ1) is 13.9. The zero-order valence-electron chi connectivity index (χ0n) is 11.7. The van der Waals surface area contributed by atoms with Crippen LogP contribution >= 0.6 is 15.9 Å². The van der Waals surface area contributed by atoms with Crippen molar-refractivity contribution in [3.05, 3.63) is 27.4 Å². The topological polar surface area (TPSA) is 47.3 Å². The Balaban J connectivity index is 2.74. The molecular weight excluding hydrogens is 308 g/mol. The van der Waals surface area contributed by atoms with E-state index in [-0.39, 0.29) is 0 Å². The van der Waals surface area contributed by atoms with E-state index in [2.05, 4.69) is 33.2 Å². The van der Waals surface area contributed by atoms with Crippen LogP contribution in [0.4, 0.5) is 6.01 Å². The van der Waals surface area contributed by atoms with E-state index in [1.807, 2.05) is 13.8 Å². The van der Waals surface area contributed by atoms with Gasteiger partial charge in [-0.1, -0.05) is 15.9 Å². The summed E-state index contributed by atoms with van der Waals surface area (Å²) in [5.74, 6) is 1.53. The molecule has 1 heterocycles. The summed E-state index contributed by atoms with van der Waals surface area (Å²) >= 11 is 3.63. The maximum Gasteiger partial charge on any atom is 0.294 e. The third-order valence-corrected chi connectivity index (χ3v) is 4.52. The number of benzene rings is 1. The normalized spacial score (nSPS) is 10.6. The number of nitrogens with zero attached hydrogens (tertiary/aromatic N) is 1. The summed E-state index contributed by atoms with van der Waals surface area (Å²) in [5.41, 5.74) is 4.29. The second-order valence-corrected chi connectivity index (χ2v) is 5.17. The number of halogens is 1. The van der Waals surface area contributed by atoms with Crippen LogP contribution in [-0.2, 0) is 0 Å². The fraction of sp³-hybridized carbons (Fsp3) is 0.357. The summed E-state index contributed by atoms with van der Waals surface area (Å²) < 4.78 is 12.3. The summed E-state index contributed by atoms with van der Waals surface area (Å²) in [6, 6.07) is 0.491. The van der Waals surface area contributed by atoms with Gasteiger partial charge in [0, 0.05) is 11.5 Å². The Labute approximate surface area is 121 Å². The molecule has 1 aromatic heterocycles. The summed E-state index contributed by atoms with van der Waals surface area (Å²) in [4.78, 5) is 4.16. The molecule has 0 aliphatic rings. The average molecular weight is 325 g/mol. The van der Waals surface area contributed by atoms with E-state index in [4.69, 9.17) is 9.15 Å². The standard InChI is InChI=1S/C14H17BrN2O2/c1-7-8(2)13(18-5)11(9(3)12(7)15)10-6-17-14(16-4)19-10/h6H,1-5H3,(H,16,17). The van der Waals surface area contributed by atoms with Crippen LogP contribution in [-0.4, -0.2) is 19.1 Å². The fourth-order valence-electron chi connectivity index (χ4n) is 2.14. The number of ether oxygens (including phenoxy) is 1. The summed E-state index contributed by atoms with van der Waals surface area (Å²) in [6.45, 7) is 6.14. The molecule has 1 N–H and O–H groups in total. The van der Waals surface area contributed by atoms with E-state index in [9.17, 15) is 0 Å². The van der Waals surface area contributed by atoms with Crippen LogP contribution in [0.3, 0.4) is 0 Å². The largest absolute Gasteiger partial charge is 0.496 e. The average Bonchev–Trinajstić information content (AvgIpc) is 2.88. The first-order valence-corrected chi connectivity index (χ1v) is 6.77. The Morgan fingerprint density at radius 2 is 1.89 bits per heavy atom. The number of hydrogen-bond donors (Lipinski definition) is 1. The van der Waals surface area contributed by atoms with Crippen LogP contribution in [0.2, 0.25) is 0 Å². The third kappa shape index (κ3) is 2.23. The molecule has 19 heavy (non-hydrogen) atoms. The second kappa shape index (κ2) is 5.25. The van der Waals surface area contributed by atoms with Crippen molar-refractivity contribution in [3.8, 4) is 17.1 Å². The molecule has 0 aliphatic carbocycles. The molecule has 0 bridgehead atoms. The van der Waals surface area contributed by atoms with Gasteiger partial charge in [-0.2, -0.15) is 0 Å². The van der Waals surface area contributed by atoms with Gasteiger partial charge in [0.1, 0.15) is 5.75 Å². The molecule has 0 unspecified atom stereocenters. The minimum Gasteiger partial charge on any atom is -0.496 e. The predicted octanol–water partition coefficient (Wildman–Crippen LogP) is 4.08. The van der Waals surface area contributed by atoms with Crippen molar-refractivity contribution in [1.29, 1.82) is 0 Å². The number of hydrogen-bond acceptors (Lipinski definition) is 4. The van der Waals surface area contributed by atoms with Gasteiger partial charge in [0.15, 0.2) is 5.76 Å². The number of anilines is 1. The van der Waals surface area contributed by atoms with Crippen molar-refractivity contribution in [2.45, 2.75) is 20.8 Å². The monoisotopic (exact) mass is 324 g/mol. The quantitative estimate of drug-likeness (QED) is 0.924. The van der Waals surface area contributed by atoms with E-state index in [1.54, 1.807) is 20.4 Å². The molecular formula is C14H17BrN2O2. The van der Waals surface area contributed by atoms with Gasteiger partial charge in [0.25, 0.3) is 6.01 Å². The lowest BCUT2D eigenvalue weighted by Gasteiger charge is -2.17. The van der Waals surface area contributed by atoms with Crippen LogP contribution in [0.1, 0.15) is 16.7 Å². The van der Waals surface area contributed by atoms with Crippen LogP contribution in [0, 0.1) is 20.8 Å². The van der Waals surface area contributed by atoms with E-state index < -0.39 is 0 Å². The molecule has 0 radical (unpaired) electrons. The number of rotatable bonds is 3. The Bertz CT molecular complexity index is 620. The van der Waals surface area contributed by atoms with E-state index >= 15 is 0 Å². The zero-order chi connectivity index (χ0) is 14.2. The molecule has 0 fully saturated rings. The van der Waals surface area contributed by atoms with Gasteiger partial charge in [0.2, 0.25) is 0 Å². The van der Waals surface area contributed by atoms with Gasteiger partial charge in [-0.3, -0.25) is 0 Å². The fourth-order valence-corrected chi connectivity index (χ4v) is 2.64. The molecule has 0 saturated carbocycles. The molecule has 2 rings (SSSR count). The van der Waals surface area contributed by atoms with E-state index in [1.165, 1.54) is 5.56 Å². The summed E-state index contributed by atoms with van der Waals surface area (Å²) in [6.07, 6.45) is 1.71. The van der Waals surface area contributed by atoms with E-state index in [0.717, 1.165) is 26.9 Å². The number of aromatic nitrogens is 1. The van der Waals surface area contributed by atoms with Gasteiger partial charge in [-0.25, -0.2) is 4.98 Å². The molecule has 2 aromatic rings. The Morgan fingerprint density at radius 3 is 2.42 bits per heavy atom. The summed E-state index contributed by atoms with van der Waals surface area (Å²) in [7, 11) is 3.45. The van der Waals surface area contributed by atoms with Gasteiger partial charge >= 0.3 is 0 Å². The first-order valence-electron chi connectivity index (χ1n) is 5.98. The van der Waals surface area contributed by atoms with Crippen LogP contribution in [0.15, 0.2) is 15.1 Å². The van der Waals surface area contributed by atoms with Crippen molar-refractivity contribution in [3.63, 3.8) is 0 Å². The predicted molar refractivity (Wildman–Crippen MR) is 79.9 cm³/mol. The Hall–Kier alpha value is -1.49. The molecule has 5 heteroatoms. The van der Waals surface area contributed by atoms with Crippen molar-refractivity contribution in [2.75, 3.05) is 19.5 Å². The first-order chi connectivity index (χ1) is 9.01. The highest BCUT2D eigenvalue weighted by molar-refractivity contribution is 9.10. The molecule has 0 saturated heterocycles. The Morgan fingerprint density at radius 1 is 1.21 bits per heavy atom. The lowest BCUT2D eigenvalue weighted by atomic mass is 9.97. The lowest BCUT2D eigenvalue weighted by Crippen LogP contribution is -1.98. The smallest absolute Gasteiger partial charge is 0.294 e. The van der Waals surface area contributed by atoms with Gasteiger partial charge in [-0.05, 0) is 37.5 Å². The molecule has 0 atom stereocenters. The van der Waals surface area contributed by atoms with Gasteiger partial charge in [-0.15, -0.1) is 0 Å². The molecule has 1 aromatic carbocycles. The minimum atomic E-state index is 0.491. The van der Waals surface area contributed by atoms with Crippen molar-refractivity contribution >= 4 is 21.9 Å².